The molecule has 5 nitrogen and oxygen atoms in total. The fourth-order valence-electron chi connectivity index (χ4n) is 3.56. The van der Waals surface area contributed by atoms with E-state index < -0.39 is 22.4 Å². The Morgan fingerprint density at radius 1 is 1.33 bits per heavy atom. The molecule has 1 N–H and O–H groups in total. The predicted octanol–water partition coefficient (Wildman–Crippen LogP) is 1.05. The molecular weight excluding hydrogens is 288 g/mol. The molecule has 1 saturated heterocycles. The molecule has 0 aromatic heterocycles. The van der Waals surface area contributed by atoms with Crippen molar-refractivity contribution < 1.29 is 13.8 Å². The maximum atomic E-state index is 12.9. The zero-order chi connectivity index (χ0) is 15.6. The van der Waals surface area contributed by atoms with E-state index in [2.05, 4.69) is 5.32 Å². The fourth-order valence-corrected chi connectivity index (χ4v) is 4.10. The smallest absolute Gasteiger partial charge is 0.249 e. The maximum absolute atomic E-state index is 12.9. The van der Waals surface area contributed by atoms with E-state index in [-0.39, 0.29) is 17.7 Å². The number of hydrogen-bond acceptors (Lipinski definition) is 3. The van der Waals surface area contributed by atoms with Gasteiger partial charge in [0.2, 0.25) is 11.8 Å². The molecule has 1 spiro atoms. The molecule has 0 aromatic rings. The van der Waals surface area contributed by atoms with E-state index in [4.69, 9.17) is 0 Å². The lowest BCUT2D eigenvalue weighted by Crippen LogP contribution is -2.70. The molecular formula is C15H26N2O3S. The van der Waals surface area contributed by atoms with Crippen LogP contribution < -0.4 is 5.32 Å². The highest BCUT2D eigenvalue weighted by Crippen LogP contribution is 2.35. The third kappa shape index (κ3) is 3.30. The van der Waals surface area contributed by atoms with Gasteiger partial charge in [0.15, 0.2) is 0 Å². The summed E-state index contributed by atoms with van der Waals surface area (Å²) in [5, 5.41) is 3.01. The summed E-state index contributed by atoms with van der Waals surface area (Å²) in [7, 11) is -0.861. The van der Waals surface area contributed by atoms with Crippen molar-refractivity contribution in [3.63, 3.8) is 0 Å². The number of nitrogens with one attached hydrogen (secondary N) is 1. The fraction of sp³-hybridized carbons (Fsp3) is 0.867. The van der Waals surface area contributed by atoms with Crippen LogP contribution in [-0.4, -0.2) is 51.1 Å². The second-order valence-electron chi connectivity index (χ2n) is 6.60. The number of carbonyl (C=O) groups is 2. The lowest BCUT2D eigenvalue weighted by Gasteiger charge is -2.46. The van der Waals surface area contributed by atoms with Crippen molar-refractivity contribution in [1.82, 2.24) is 10.2 Å². The van der Waals surface area contributed by atoms with E-state index in [0.29, 0.717) is 18.7 Å². The Bertz CT molecular complexity index is 444. The molecule has 1 saturated carbocycles. The van der Waals surface area contributed by atoms with E-state index in [0.717, 1.165) is 25.7 Å². The second-order valence-corrected chi connectivity index (χ2v) is 8.15. The number of amides is 2. The van der Waals surface area contributed by atoms with Crippen molar-refractivity contribution in [3.05, 3.63) is 0 Å². The molecule has 0 bridgehead atoms. The van der Waals surface area contributed by atoms with Crippen LogP contribution in [0.4, 0.5) is 0 Å². The zero-order valence-electron chi connectivity index (χ0n) is 13.2. The Labute approximate surface area is 129 Å². The van der Waals surface area contributed by atoms with Gasteiger partial charge >= 0.3 is 0 Å². The minimum Gasteiger partial charge on any atom is -0.340 e. The van der Waals surface area contributed by atoms with Crippen molar-refractivity contribution in [2.24, 2.45) is 5.92 Å². The van der Waals surface area contributed by atoms with Gasteiger partial charge in [0.05, 0.1) is 0 Å². The van der Waals surface area contributed by atoms with Crippen LogP contribution in [-0.2, 0) is 20.4 Å². The van der Waals surface area contributed by atoms with Crippen LogP contribution in [0.5, 0.6) is 0 Å². The van der Waals surface area contributed by atoms with Crippen LogP contribution in [0.3, 0.4) is 0 Å². The molecule has 2 unspecified atom stereocenters. The molecule has 0 radical (unpaired) electrons. The molecule has 1 aliphatic carbocycles. The number of carbonyl (C=O) groups excluding carboxylic acids is 2. The van der Waals surface area contributed by atoms with Crippen LogP contribution in [0.15, 0.2) is 0 Å². The van der Waals surface area contributed by atoms with Gasteiger partial charge in [-0.2, -0.15) is 0 Å². The van der Waals surface area contributed by atoms with Gasteiger partial charge in [0.1, 0.15) is 11.6 Å². The Morgan fingerprint density at radius 3 is 2.48 bits per heavy atom. The summed E-state index contributed by atoms with van der Waals surface area (Å²) < 4.78 is 11.2. The number of piperazine rings is 1. The third-order valence-electron chi connectivity index (χ3n) is 4.56. The van der Waals surface area contributed by atoms with Gasteiger partial charge in [-0.25, -0.2) is 0 Å². The van der Waals surface area contributed by atoms with Crippen molar-refractivity contribution in [3.8, 4) is 0 Å². The molecule has 1 aliphatic heterocycles. The van der Waals surface area contributed by atoms with Gasteiger partial charge in [-0.15, -0.1) is 0 Å². The lowest BCUT2D eigenvalue weighted by molar-refractivity contribution is -0.156. The normalized spacial score (nSPS) is 26.5. The first kappa shape index (κ1) is 16.5. The summed E-state index contributed by atoms with van der Waals surface area (Å²) in [6.07, 6.45) is 5.83. The Kier molecular flexibility index (Phi) is 5.07. The summed E-state index contributed by atoms with van der Waals surface area (Å²) in [5.74, 6) is 0.701. The third-order valence-corrected chi connectivity index (χ3v) is 5.42. The standard InChI is InChI=1S/C15H26N2O3S/c1-11(2)12-13(18)16-15(7-4-5-8-15)14(19)17(12)9-6-10-21(3)20/h11-12H,4-10H2,1-3H3,(H,16,18). The van der Waals surface area contributed by atoms with E-state index in [9.17, 15) is 13.8 Å². The van der Waals surface area contributed by atoms with Crippen LogP contribution in [0.1, 0.15) is 46.0 Å². The topological polar surface area (TPSA) is 66.5 Å². The molecule has 0 aromatic carbocycles. The van der Waals surface area contributed by atoms with Crippen LogP contribution in [0, 0.1) is 5.92 Å². The zero-order valence-corrected chi connectivity index (χ0v) is 14.0. The second kappa shape index (κ2) is 6.46. The van der Waals surface area contributed by atoms with Crippen LogP contribution in [0.2, 0.25) is 0 Å². The first-order valence-electron chi connectivity index (χ1n) is 7.80. The molecule has 2 atom stereocenters. The quantitative estimate of drug-likeness (QED) is 0.825. The summed E-state index contributed by atoms with van der Waals surface area (Å²) in [4.78, 5) is 27.2. The van der Waals surface area contributed by atoms with Crippen molar-refractivity contribution in [2.45, 2.75) is 57.5 Å². The van der Waals surface area contributed by atoms with E-state index >= 15 is 0 Å². The number of nitrogens with zero attached hydrogens (tertiary/aromatic N) is 1. The van der Waals surface area contributed by atoms with Gasteiger partial charge < -0.3 is 10.2 Å². The van der Waals surface area contributed by atoms with Crippen LogP contribution >= 0.6 is 0 Å². The Balaban J connectivity index is 2.18. The SMILES string of the molecule is CC(C)C1C(=O)NC2(CCCC2)C(=O)N1CCCS(C)=O. The number of hydrogen-bond donors (Lipinski definition) is 1. The average molecular weight is 314 g/mol. The first-order chi connectivity index (χ1) is 9.87. The van der Waals surface area contributed by atoms with Gasteiger partial charge in [-0.05, 0) is 25.2 Å². The van der Waals surface area contributed by atoms with E-state index in [1.165, 1.54) is 0 Å². The summed E-state index contributed by atoms with van der Waals surface area (Å²) in [6.45, 7) is 4.46. The van der Waals surface area contributed by atoms with Gasteiger partial charge in [-0.3, -0.25) is 13.8 Å². The Hall–Kier alpha value is -0.910. The summed E-state index contributed by atoms with van der Waals surface area (Å²) >= 11 is 0. The average Bonchev–Trinajstić information content (AvgIpc) is 2.83. The van der Waals surface area contributed by atoms with E-state index in [1.807, 2.05) is 13.8 Å². The van der Waals surface area contributed by atoms with Crippen molar-refractivity contribution in [1.29, 1.82) is 0 Å². The van der Waals surface area contributed by atoms with Gasteiger partial charge in [0.25, 0.3) is 0 Å². The minimum atomic E-state index is -0.861. The summed E-state index contributed by atoms with van der Waals surface area (Å²) in [6, 6.07) is -0.394. The van der Waals surface area contributed by atoms with Crippen molar-refractivity contribution in [2.75, 3.05) is 18.6 Å². The molecule has 120 valence electrons. The predicted molar refractivity (Wildman–Crippen MR) is 83.2 cm³/mol. The Morgan fingerprint density at radius 2 is 1.95 bits per heavy atom. The molecule has 21 heavy (non-hydrogen) atoms. The highest BCUT2D eigenvalue weighted by Gasteiger charge is 2.52. The molecule has 2 rings (SSSR count). The minimum absolute atomic E-state index is 0.0240. The molecule has 2 fully saturated rings. The van der Waals surface area contributed by atoms with Gasteiger partial charge in [-0.1, -0.05) is 26.7 Å². The molecule has 2 aliphatic rings. The van der Waals surface area contributed by atoms with Crippen LogP contribution in [0.25, 0.3) is 0 Å². The summed E-state index contributed by atoms with van der Waals surface area (Å²) in [5.41, 5.74) is -0.659. The molecule has 6 heteroatoms. The number of rotatable bonds is 5. The highest BCUT2D eigenvalue weighted by molar-refractivity contribution is 7.84. The van der Waals surface area contributed by atoms with Crippen molar-refractivity contribution >= 4 is 22.6 Å². The monoisotopic (exact) mass is 314 g/mol. The molecule has 1 heterocycles. The lowest BCUT2D eigenvalue weighted by atomic mass is 9.87. The molecule has 2 amide bonds. The maximum Gasteiger partial charge on any atom is 0.249 e. The largest absolute Gasteiger partial charge is 0.340 e. The first-order valence-corrected chi connectivity index (χ1v) is 9.53. The highest BCUT2D eigenvalue weighted by atomic mass is 32.2. The van der Waals surface area contributed by atoms with Gasteiger partial charge in [0, 0.05) is 29.4 Å². The van der Waals surface area contributed by atoms with E-state index in [1.54, 1.807) is 11.2 Å².